The van der Waals surface area contributed by atoms with Crippen molar-refractivity contribution < 1.29 is 8.78 Å². The van der Waals surface area contributed by atoms with E-state index in [0.717, 1.165) is 31.5 Å². The average Bonchev–Trinajstić information content (AvgIpc) is 2.79. The van der Waals surface area contributed by atoms with Crippen LogP contribution >= 0.6 is 0 Å². The van der Waals surface area contributed by atoms with Crippen molar-refractivity contribution in [3.05, 3.63) is 35.4 Å². The van der Waals surface area contributed by atoms with Gasteiger partial charge in [0.05, 0.1) is 0 Å². The van der Waals surface area contributed by atoms with Crippen LogP contribution in [0.2, 0.25) is 0 Å². The molecule has 116 valence electrons. The Labute approximate surface area is 125 Å². The highest BCUT2D eigenvalue weighted by molar-refractivity contribution is 5.80. The second-order valence-corrected chi connectivity index (χ2v) is 6.30. The number of hydrogen-bond donors (Lipinski definition) is 1. The predicted molar refractivity (Wildman–Crippen MR) is 81.4 cm³/mol. The number of aliphatic imine (C=N–C) groups is 1. The van der Waals surface area contributed by atoms with Gasteiger partial charge in [-0.25, -0.2) is 8.78 Å². The summed E-state index contributed by atoms with van der Waals surface area (Å²) in [6.07, 6.45) is 1.56. The first-order valence-corrected chi connectivity index (χ1v) is 7.31. The van der Waals surface area contributed by atoms with E-state index in [-0.39, 0.29) is 5.82 Å². The van der Waals surface area contributed by atoms with Crippen LogP contribution in [0.1, 0.15) is 25.8 Å². The second-order valence-electron chi connectivity index (χ2n) is 6.30. The van der Waals surface area contributed by atoms with Crippen LogP contribution in [0.25, 0.3) is 0 Å². The molecule has 0 spiro atoms. The quantitative estimate of drug-likeness (QED) is 0.686. The van der Waals surface area contributed by atoms with Gasteiger partial charge in [-0.2, -0.15) is 0 Å². The standard InChI is InChI=1S/C16H23F2N3/c1-16(2)7-9-21(11-16)15(19-3)20-8-6-12-10-13(17)4-5-14(12)18/h4-5,10H,6-9,11H2,1-3H3,(H,19,20). The van der Waals surface area contributed by atoms with E-state index in [1.807, 2.05) is 0 Å². The summed E-state index contributed by atoms with van der Waals surface area (Å²) in [5, 5.41) is 3.23. The molecule has 2 rings (SSSR count). The zero-order valence-electron chi connectivity index (χ0n) is 12.9. The molecule has 1 saturated heterocycles. The van der Waals surface area contributed by atoms with Gasteiger partial charge in [-0.05, 0) is 42.0 Å². The predicted octanol–water partition coefficient (Wildman–Crippen LogP) is 2.81. The Kier molecular flexibility index (Phi) is 4.80. The smallest absolute Gasteiger partial charge is 0.193 e. The average molecular weight is 295 g/mol. The lowest BCUT2D eigenvalue weighted by atomic mass is 9.93. The van der Waals surface area contributed by atoms with E-state index in [4.69, 9.17) is 0 Å². The Bertz CT molecular complexity index is 526. The number of nitrogens with one attached hydrogen (secondary N) is 1. The molecule has 0 amide bonds. The highest BCUT2D eigenvalue weighted by Gasteiger charge is 2.30. The summed E-state index contributed by atoms with van der Waals surface area (Å²) in [6.45, 7) is 6.94. The molecule has 1 aliphatic heterocycles. The highest BCUT2D eigenvalue weighted by Crippen LogP contribution is 2.28. The molecule has 0 aromatic heterocycles. The Balaban J connectivity index is 1.88. The number of rotatable bonds is 3. The maximum absolute atomic E-state index is 13.5. The molecule has 0 radical (unpaired) electrons. The van der Waals surface area contributed by atoms with E-state index in [1.165, 1.54) is 12.1 Å². The fourth-order valence-corrected chi connectivity index (χ4v) is 2.67. The number of benzene rings is 1. The number of nitrogens with zero attached hydrogens (tertiary/aromatic N) is 2. The molecule has 1 aromatic carbocycles. The van der Waals surface area contributed by atoms with Gasteiger partial charge < -0.3 is 10.2 Å². The summed E-state index contributed by atoms with van der Waals surface area (Å²) >= 11 is 0. The molecule has 1 aliphatic rings. The van der Waals surface area contributed by atoms with Crippen molar-refractivity contribution in [1.29, 1.82) is 0 Å². The van der Waals surface area contributed by atoms with Gasteiger partial charge in [-0.1, -0.05) is 13.8 Å². The monoisotopic (exact) mass is 295 g/mol. The number of guanidine groups is 1. The minimum Gasteiger partial charge on any atom is -0.356 e. The van der Waals surface area contributed by atoms with E-state index < -0.39 is 5.82 Å². The lowest BCUT2D eigenvalue weighted by molar-refractivity contribution is 0.370. The van der Waals surface area contributed by atoms with Crippen molar-refractivity contribution >= 4 is 5.96 Å². The van der Waals surface area contributed by atoms with Gasteiger partial charge >= 0.3 is 0 Å². The lowest BCUT2D eigenvalue weighted by Gasteiger charge is -2.23. The summed E-state index contributed by atoms with van der Waals surface area (Å²) in [4.78, 5) is 6.48. The molecule has 0 atom stereocenters. The topological polar surface area (TPSA) is 27.6 Å². The van der Waals surface area contributed by atoms with Crippen LogP contribution < -0.4 is 5.32 Å². The van der Waals surface area contributed by atoms with Crippen LogP contribution in [0.3, 0.4) is 0 Å². The van der Waals surface area contributed by atoms with Gasteiger partial charge in [0.15, 0.2) is 5.96 Å². The second kappa shape index (κ2) is 6.41. The number of likely N-dealkylation sites (tertiary alicyclic amines) is 1. The summed E-state index contributed by atoms with van der Waals surface area (Å²) in [5.74, 6) is 0.0601. The van der Waals surface area contributed by atoms with Crippen LogP contribution in [-0.4, -0.2) is 37.5 Å². The van der Waals surface area contributed by atoms with E-state index in [9.17, 15) is 8.78 Å². The van der Waals surface area contributed by atoms with E-state index in [0.29, 0.717) is 23.9 Å². The molecule has 1 fully saturated rings. The number of halogens is 2. The maximum atomic E-state index is 13.5. The summed E-state index contributed by atoms with van der Waals surface area (Å²) in [7, 11) is 1.75. The van der Waals surface area contributed by atoms with E-state index in [2.05, 4.69) is 29.1 Å². The number of hydrogen-bond acceptors (Lipinski definition) is 1. The normalized spacial score (nSPS) is 18.1. The zero-order valence-corrected chi connectivity index (χ0v) is 12.9. The highest BCUT2D eigenvalue weighted by atomic mass is 19.1. The molecule has 0 unspecified atom stereocenters. The third kappa shape index (κ3) is 4.16. The van der Waals surface area contributed by atoms with Gasteiger partial charge in [0.25, 0.3) is 0 Å². The Morgan fingerprint density at radius 3 is 2.76 bits per heavy atom. The van der Waals surface area contributed by atoms with Crippen molar-refractivity contribution in [1.82, 2.24) is 10.2 Å². The fourth-order valence-electron chi connectivity index (χ4n) is 2.67. The summed E-state index contributed by atoms with van der Waals surface area (Å²) in [6, 6.07) is 3.55. The van der Waals surface area contributed by atoms with Crippen molar-refractivity contribution in [2.75, 3.05) is 26.7 Å². The molecule has 0 bridgehead atoms. The molecule has 1 N–H and O–H groups in total. The van der Waals surface area contributed by atoms with Crippen LogP contribution in [0.4, 0.5) is 8.78 Å². The zero-order chi connectivity index (χ0) is 15.5. The molecular formula is C16H23F2N3. The van der Waals surface area contributed by atoms with Crippen molar-refractivity contribution in [3.63, 3.8) is 0 Å². The minimum absolute atomic E-state index is 0.298. The summed E-state index contributed by atoms with van der Waals surface area (Å²) < 4.78 is 26.7. The fraction of sp³-hybridized carbons (Fsp3) is 0.562. The van der Waals surface area contributed by atoms with Gasteiger partial charge in [0.2, 0.25) is 0 Å². The van der Waals surface area contributed by atoms with Crippen molar-refractivity contribution in [2.45, 2.75) is 26.7 Å². The van der Waals surface area contributed by atoms with Crippen LogP contribution in [-0.2, 0) is 6.42 Å². The van der Waals surface area contributed by atoms with Crippen molar-refractivity contribution in [3.8, 4) is 0 Å². The van der Waals surface area contributed by atoms with Gasteiger partial charge in [0.1, 0.15) is 11.6 Å². The Morgan fingerprint density at radius 2 is 2.14 bits per heavy atom. The van der Waals surface area contributed by atoms with Crippen molar-refractivity contribution in [2.24, 2.45) is 10.4 Å². The van der Waals surface area contributed by atoms with Gasteiger partial charge in [-0.15, -0.1) is 0 Å². The first-order valence-electron chi connectivity index (χ1n) is 7.31. The Morgan fingerprint density at radius 1 is 1.38 bits per heavy atom. The maximum Gasteiger partial charge on any atom is 0.193 e. The van der Waals surface area contributed by atoms with Crippen LogP contribution in [0, 0.1) is 17.0 Å². The molecule has 3 nitrogen and oxygen atoms in total. The summed E-state index contributed by atoms with van der Waals surface area (Å²) in [5.41, 5.74) is 0.687. The molecule has 21 heavy (non-hydrogen) atoms. The molecule has 1 aromatic rings. The molecule has 0 saturated carbocycles. The SMILES string of the molecule is CN=C(NCCc1cc(F)ccc1F)N1CCC(C)(C)C1. The Hall–Kier alpha value is -1.65. The first-order chi connectivity index (χ1) is 9.91. The van der Waals surface area contributed by atoms with E-state index >= 15 is 0 Å². The largest absolute Gasteiger partial charge is 0.356 e. The third-order valence-corrected chi connectivity index (χ3v) is 3.87. The first kappa shape index (κ1) is 15.7. The lowest BCUT2D eigenvalue weighted by Crippen LogP contribution is -2.41. The molecule has 0 aliphatic carbocycles. The van der Waals surface area contributed by atoms with Crippen LogP contribution in [0.5, 0.6) is 0 Å². The molecule has 1 heterocycles. The van der Waals surface area contributed by atoms with Gasteiger partial charge in [-0.3, -0.25) is 4.99 Å². The van der Waals surface area contributed by atoms with Crippen LogP contribution in [0.15, 0.2) is 23.2 Å². The van der Waals surface area contributed by atoms with E-state index in [1.54, 1.807) is 7.05 Å². The third-order valence-electron chi connectivity index (χ3n) is 3.87. The van der Waals surface area contributed by atoms with Gasteiger partial charge in [0, 0.05) is 26.7 Å². The molecule has 5 heteroatoms. The molecular weight excluding hydrogens is 272 g/mol. The minimum atomic E-state index is -0.405.